The fourth-order valence-corrected chi connectivity index (χ4v) is 2.78. The highest BCUT2D eigenvalue weighted by Gasteiger charge is 2.25. The largest absolute Gasteiger partial charge is 0.373 e. The molecule has 1 aliphatic rings. The van der Waals surface area contributed by atoms with Gasteiger partial charge in [-0.15, -0.1) is 0 Å². The topological polar surface area (TPSA) is 12.5 Å². The van der Waals surface area contributed by atoms with Crippen molar-refractivity contribution in [2.24, 2.45) is 0 Å². The van der Waals surface area contributed by atoms with Crippen LogP contribution in [0, 0.1) is 0 Å². The Hall–Kier alpha value is -0.860. The first-order chi connectivity index (χ1) is 8.65. The van der Waals surface area contributed by atoms with E-state index in [-0.39, 0.29) is 0 Å². The molecule has 2 rings (SSSR count). The Morgan fingerprint density at radius 3 is 2.39 bits per heavy atom. The van der Waals surface area contributed by atoms with Crippen molar-refractivity contribution in [3.63, 3.8) is 0 Å². The minimum atomic E-state index is 0.368. The lowest BCUT2D eigenvalue weighted by molar-refractivity contribution is -0.0790. The number of morpholine rings is 1. The summed E-state index contributed by atoms with van der Waals surface area (Å²) in [4.78, 5) is 2.57. The highest BCUT2D eigenvalue weighted by Crippen LogP contribution is 2.16. The van der Waals surface area contributed by atoms with Crippen molar-refractivity contribution >= 4 is 0 Å². The van der Waals surface area contributed by atoms with Gasteiger partial charge in [0.25, 0.3) is 0 Å². The van der Waals surface area contributed by atoms with E-state index in [0.29, 0.717) is 18.2 Å². The van der Waals surface area contributed by atoms with Crippen LogP contribution in [0.1, 0.15) is 32.8 Å². The van der Waals surface area contributed by atoms with Gasteiger partial charge in [-0.25, -0.2) is 0 Å². The van der Waals surface area contributed by atoms with E-state index >= 15 is 0 Å². The Morgan fingerprint density at radius 2 is 1.78 bits per heavy atom. The molecule has 1 aromatic carbocycles. The van der Waals surface area contributed by atoms with Crippen LogP contribution in [0.25, 0.3) is 0 Å². The van der Waals surface area contributed by atoms with Gasteiger partial charge in [-0.1, -0.05) is 30.3 Å². The molecule has 3 atom stereocenters. The number of aryl methyl sites for hydroxylation is 1. The molecule has 0 unspecified atom stereocenters. The predicted octanol–water partition coefficient (Wildman–Crippen LogP) is 3.12. The first-order valence-electron chi connectivity index (χ1n) is 7.08. The normalized spacial score (nSPS) is 27.1. The lowest BCUT2D eigenvalue weighted by Gasteiger charge is -2.39. The van der Waals surface area contributed by atoms with Gasteiger partial charge >= 0.3 is 0 Å². The molecule has 1 aromatic rings. The number of benzene rings is 1. The van der Waals surface area contributed by atoms with Gasteiger partial charge in [0.05, 0.1) is 12.2 Å². The highest BCUT2D eigenvalue weighted by atomic mass is 16.5. The van der Waals surface area contributed by atoms with Crippen LogP contribution in [-0.4, -0.2) is 36.2 Å². The standard InChI is InChI=1S/C16H25NO/c1-13(9-10-16-7-5-4-6-8-16)17-11-14(2)18-15(3)12-17/h4-8,13-15H,9-12H2,1-3H3/t13-,14-,15-/m1/s1. The summed E-state index contributed by atoms with van der Waals surface area (Å²) in [6, 6.07) is 11.4. The van der Waals surface area contributed by atoms with E-state index in [0.717, 1.165) is 13.1 Å². The van der Waals surface area contributed by atoms with E-state index in [4.69, 9.17) is 4.74 Å². The molecule has 1 aliphatic heterocycles. The third kappa shape index (κ3) is 3.82. The molecule has 0 radical (unpaired) electrons. The van der Waals surface area contributed by atoms with Crippen molar-refractivity contribution in [3.8, 4) is 0 Å². The minimum Gasteiger partial charge on any atom is -0.373 e. The average Bonchev–Trinajstić information content (AvgIpc) is 2.36. The van der Waals surface area contributed by atoms with Crippen molar-refractivity contribution in [1.29, 1.82) is 0 Å². The fourth-order valence-electron chi connectivity index (χ4n) is 2.78. The molecular weight excluding hydrogens is 222 g/mol. The van der Waals surface area contributed by atoms with Crippen LogP contribution in [-0.2, 0) is 11.2 Å². The first-order valence-corrected chi connectivity index (χ1v) is 7.08. The molecule has 1 heterocycles. The molecule has 1 saturated heterocycles. The molecule has 2 nitrogen and oxygen atoms in total. The Kier molecular flexibility index (Phi) is 4.79. The molecule has 100 valence electrons. The zero-order valence-corrected chi connectivity index (χ0v) is 11.8. The second-order valence-corrected chi connectivity index (χ2v) is 5.58. The SMILES string of the molecule is C[C@@H]1CN([C@H](C)CCc2ccccc2)C[C@@H](C)O1. The van der Waals surface area contributed by atoms with Crippen LogP contribution >= 0.6 is 0 Å². The van der Waals surface area contributed by atoms with E-state index in [1.165, 1.54) is 18.4 Å². The zero-order chi connectivity index (χ0) is 13.0. The number of ether oxygens (including phenoxy) is 1. The van der Waals surface area contributed by atoms with Crippen molar-refractivity contribution < 1.29 is 4.74 Å². The maximum atomic E-state index is 5.79. The summed E-state index contributed by atoms with van der Waals surface area (Å²) >= 11 is 0. The van der Waals surface area contributed by atoms with Gasteiger partial charge in [-0.3, -0.25) is 4.90 Å². The summed E-state index contributed by atoms with van der Waals surface area (Å²) in [6.45, 7) is 8.83. The van der Waals surface area contributed by atoms with E-state index in [1.807, 2.05) is 0 Å². The first kappa shape index (κ1) is 13.6. The van der Waals surface area contributed by atoms with E-state index in [9.17, 15) is 0 Å². The number of nitrogens with zero attached hydrogens (tertiary/aromatic N) is 1. The third-order valence-corrected chi connectivity index (χ3v) is 3.76. The Labute approximate surface area is 111 Å². The van der Waals surface area contributed by atoms with Gasteiger partial charge in [0.2, 0.25) is 0 Å². The van der Waals surface area contributed by atoms with Crippen molar-refractivity contribution in [1.82, 2.24) is 4.90 Å². The van der Waals surface area contributed by atoms with Crippen LogP contribution in [0.15, 0.2) is 30.3 Å². The van der Waals surface area contributed by atoms with Gasteiger partial charge in [-0.05, 0) is 39.2 Å². The van der Waals surface area contributed by atoms with Crippen LogP contribution in [0.4, 0.5) is 0 Å². The van der Waals surface area contributed by atoms with Gasteiger partial charge in [-0.2, -0.15) is 0 Å². The number of hydrogen-bond acceptors (Lipinski definition) is 2. The fraction of sp³-hybridized carbons (Fsp3) is 0.625. The lowest BCUT2D eigenvalue weighted by Crippen LogP contribution is -2.49. The molecule has 18 heavy (non-hydrogen) atoms. The van der Waals surface area contributed by atoms with Crippen LogP contribution < -0.4 is 0 Å². The molecule has 1 fully saturated rings. The molecule has 2 heteroatoms. The van der Waals surface area contributed by atoms with Crippen molar-refractivity contribution in [2.45, 2.75) is 51.9 Å². The van der Waals surface area contributed by atoms with E-state index in [1.54, 1.807) is 0 Å². The number of hydrogen-bond donors (Lipinski definition) is 0. The summed E-state index contributed by atoms with van der Waals surface area (Å²) in [5, 5.41) is 0. The monoisotopic (exact) mass is 247 g/mol. The quantitative estimate of drug-likeness (QED) is 0.810. The summed E-state index contributed by atoms with van der Waals surface area (Å²) < 4.78 is 5.79. The van der Waals surface area contributed by atoms with Gasteiger partial charge in [0.15, 0.2) is 0 Å². The van der Waals surface area contributed by atoms with Gasteiger partial charge in [0, 0.05) is 19.1 Å². The Balaban J connectivity index is 1.82. The molecule has 0 aromatic heterocycles. The minimum absolute atomic E-state index is 0.368. The summed E-state index contributed by atoms with van der Waals surface area (Å²) in [5.41, 5.74) is 1.44. The third-order valence-electron chi connectivity index (χ3n) is 3.76. The Morgan fingerprint density at radius 1 is 1.17 bits per heavy atom. The molecular formula is C16H25NO. The van der Waals surface area contributed by atoms with E-state index < -0.39 is 0 Å². The second kappa shape index (κ2) is 6.35. The van der Waals surface area contributed by atoms with Crippen molar-refractivity contribution in [2.75, 3.05) is 13.1 Å². The summed E-state index contributed by atoms with van der Waals surface area (Å²) in [7, 11) is 0. The molecule has 0 spiro atoms. The number of rotatable bonds is 4. The molecule has 0 amide bonds. The Bertz CT molecular complexity index is 341. The van der Waals surface area contributed by atoms with Crippen molar-refractivity contribution in [3.05, 3.63) is 35.9 Å². The van der Waals surface area contributed by atoms with Crippen LogP contribution in [0.2, 0.25) is 0 Å². The highest BCUT2D eigenvalue weighted by molar-refractivity contribution is 5.14. The van der Waals surface area contributed by atoms with Gasteiger partial charge < -0.3 is 4.74 Å². The van der Waals surface area contributed by atoms with Crippen LogP contribution in [0.3, 0.4) is 0 Å². The second-order valence-electron chi connectivity index (χ2n) is 5.58. The average molecular weight is 247 g/mol. The maximum Gasteiger partial charge on any atom is 0.0678 e. The van der Waals surface area contributed by atoms with Gasteiger partial charge in [0.1, 0.15) is 0 Å². The van der Waals surface area contributed by atoms with E-state index in [2.05, 4.69) is 56.0 Å². The molecule has 0 N–H and O–H groups in total. The predicted molar refractivity (Wildman–Crippen MR) is 75.8 cm³/mol. The lowest BCUT2D eigenvalue weighted by atomic mass is 10.0. The summed E-state index contributed by atoms with van der Waals surface area (Å²) in [6.07, 6.45) is 3.13. The molecule has 0 bridgehead atoms. The zero-order valence-electron chi connectivity index (χ0n) is 11.8. The molecule has 0 saturated carbocycles. The molecule has 0 aliphatic carbocycles. The smallest absolute Gasteiger partial charge is 0.0678 e. The summed E-state index contributed by atoms with van der Waals surface area (Å²) in [5.74, 6) is 0. The maximum absolute atomic E-state index is 5.79. The van der Waals surface area contributed by atoms with Crippen LogP contribution in [0.5, 0.6) is 0 Å².